The Labute approximate surface area is 188 Å². The number of carbonyl (C=O) groups is 2. The van der Waals surface area contributed by atoms with Crippen LogP contribution in [0.15, 0.2) is 48.7 Å². The number of hydrogen-bond donors (Lipinski definition) is 2. The van der Waals surface area contributed by atoms with Crippen molar-refractivity contribution in [3.63, 3.8) is 0 Å². The third-order valence-electron chi connectivity index (χ3n) is 5.59. The molecule has 172 valence electrons. The molecule has 0 spiro atoms. The van der Waals surface area contributed by atoms with Crippen molar-refractivity contribution in [2.45, 2.75) is 51.7 Å². The van der Waals surface area contributed by atoms with E-state index in [9.17, 15) is 14.0 Å². The molecule has 1 aromatic carbocycles. The number of unbranched alkanes of at least 4 members (excludes halogenated alkanes) is 1. The van der Waals surface area contributed by atoms with Crippen molar-refractivity contribution in [3.05, 3.63) is 60.0 Å². The van der Waals surface area contributed by atoms with Gasteiger partial charge < -0.3 is 10.2 Å². The molecule has 2 amide bonds. The molecule has 3 rings (SSSR count). The highest BCUT2D eigenvalue weighted by Crippen LogP contribution is 2.23. The third-order valence-corrected chi connectivity index (χ3v) is 5.59. The normalized spacial score (nSPS) is 16.7. The van der Waals surface area contributed by atoms with Crippen molar-refractivity contribution in [2.75, 3.05) is 18.4 Å². The molecule has 0 radical (unpaired) electrons. The molecule has 2 unspecified atom stereocenters. The molecule has 1 aliphatic heterocycles. The number of rotatable bonds is 11. The molecule has 32 heavy (non-hydrogen) atoms. The SMILES string of the molecule is CCCCC(CNOCc1ccccc1)C(=O)N1CCCC1C(=O)Nc1ccc(F)cn1. The largest absolute Gasteiger partial charge is 0.330 e. The number of hydrogen-bond acceptors (Lipinski definition) is 5. The van der Waals surface area contributed by atoms with Crippen molar-refractivity contribution in [3.8, 4) is 0 Å². The van der Waals surface area contributed by atoms with E-state index >= 15 is 0 Å². The van der Waals surface area contributed by atoms with E-state index in [-0.39, 0.29) is 23.6 Å². The number of amides is 2. The fourth-order valence-electron chi connectivity index (χ4n) is 3.83. The molecule has 1 aliphatic rings. The quantitative estimate of drug-likeness (QED) is 0.410. The van der Waals surface area contributed by atoms with Gasteiger partial charge in [-0.1, -0.05) is 50.1 Å². The van der Waals surface area contributed by atoms with Gasteiger partial charge in [0.2, 0.25) is 11.8 Å². The van der Waals surface area contributed by atoms with Gasteiger partial charge in [0, 0.05) is 13.1 Å². The van der Waals surface area contributed by atoms with Crippen molar-refractivity contribution >= 4 is 17.6 Å². The van der Waals surface area contributed by atoms with Crippen LogP contribution in [0.25, 0.3) is 0 Å². The van der Waals surface area contributed by atoms with E-state index in [4.69, 9.17) is 4.84 Å². The Bertz CT molecular complexity index is 863. The molecule has 0 bridgehead atoms. The van der Waals surface area contributed by atoms with Gasteiger partial charge in [0.05, 0.1) is 18.7 Å². The lowest BCUT2D eigenvalue weighted by Gasteiger charge is -2.28. The van der Waals surface area contributed by atoms with Crippen LogP contribution in [-0.2, 0) is 21.0 Å². The second-order valence-corrected chi connectivity index (χ2v) is 8.00. The Morgan fingerprint density at radius 2 is 2.06 bits per heavy atom. The Hall–Kier alpha value is -2.84. The van der Waals surface area contributed by atoms with Crippen LogP contribution in [0, 0.1) is 11.7 Å². The van der Waals surface area contributed by atoms with Gasteiger partial charge in [-0.25, -0.2) is 14.9 Å². The van der Waals surface area contributed by atoms with Crippen molar-refractivity contribution in [2.24, 2.45) is 5.92 Å². The van der Waals surface area contributed by atoms with Gasteiger partial charge in [0.1, 0.15) is 17.7 Å². The predicted octanol–water partition coefficient (Wildman–Crippen LogP) is 3.68. The van der Waals surface area contributed by atoms with Crippen molar-refractivity contribution in [1.82, 2.24) is 15.4 Å². The molecular formula is C24H31FN4O3. The second kappa shape index (κ2) is 12.3. The highest BCUT2D eigenvalue weighted by atomic mass is 19.1. The van der Waals surface area contributed by atoms with Crippen LogP contribution in [-0.4, -0.2) is 40.8 Å². The number of likely N-dealkylation sites (tertiary alicyclic amines) is 1. The first-order chi connectivity index (χ1) is 15.6. The maximum atomic E-state index is 13.3. The molecule has 0 aliphatic carbocycles. The molecule has 7 nitrogen and oxygen atoms in total. The molecule has 2 atom stereocenters. The maximum Gasteiger partial charge on any atom is 0.248 e. The molecule has 2 heterocycles. The third kappa shape index (κ3) is 6.83. The van der Waals surface area contributed by atoms with Gasteiger partial charge in [-0.05, 0) is 37.0 Å². The summed E-state index contributed by atoms with van der Waals surface area (Å²) in [7, 11) is 0. The van der Waals surface area contributed by atoms with E-state index in [0.29, 0.717) is 26.1 Å². The summed E-state index contributed by atoms with van der Waals surface area (Å²) in [6, 6.07) is 11.9. The topological polar surface area (TPSA) is 83.6 Å². The van der Waals surface area contributed by atoms with Gasteiger partial charge in [0.15, 0.2) is 0 Å². The molecular weight excluding hydrogens is 411 g/mol. The minimum atomic E-state index is -0.552. The number of hydroxylamine groups is 1. The van der Waals surface area contributed by atoms with Gasteiger partial charge in [-0.2, -0.15) is 0 Å². The van der Waals surface area contributed by atoms with Crippen LogP contribution in [0.5, 0.6) is 0 Å². The number of benzene rings is 1. The van der Waals surface area contributed by atoms with Crippen LogP contribution in [0.1, 0.15) is 44.6 Å². The Morgan fingerprint density at radius 3 is 2.78 bits per heavy atom. The zero-order chi connectivity index (χ0) is 22.8. The Balaban J connectivity index is 1.56. The van der Waals surface area contributed by atoms with Crippen LogP contribution < -0.4 is 10.8 Å². The Morgan fingerprint density at radius 1 is 1.25 bits per heavy atom. The number of nitrogens with zero attached hydrogens (tertiary/aromatic N) is 2. The highest BCUT2D eigenvalue weighted by Gasteiger charge is 2.37. The van der Waals surface area contributed by atoms with Crippen molar-refractivity contribution < 1.29 is 18.8 Å². The van der Waals surface area contributed by atoms with E-state index in [1.165, 1.54) is 12.1 Å². The minimum absolute atomic E-state index is 0.0426. The van der Waals surface area contributed by atoms with Crippen LogP contribution in [0.2, 0.25) is 0 Å². The number of nitrogens with one attached hydrogen (secondary N) is 2. The lowest BCUT2D eigenvalue weighted by molar-refractivity contribution is -0.141. The van der Waals surface area contributed by atoms with Gasteiger partial charge in [-0.15, -0.1) is 0 Å². The van der Waals surface area contributed by atoms with E-state index in [1.54, 1.807) is 4.90 Å². The summed E-state index contributed by atoms with van der Waals surface area (Å²) in [6.07, 6.45) is 5.03. The number of aromatic nitrogens is 1. The van der Waals surface area contributed by atoms with Gasteiger partial charge >= 0.3 is 0 Å². The average Bonchev–Trinajstić information content (AvgIpc) is 3.30. The summed E-state index contributed by atoms with van der Waals surface area (Å²) in [4.78, 5) is 37.2. The summed E-state index contributed by atoms with van der Waals surface area (Å²) in [5.41, 5.74) is 3.99. The first-order valence-electron chi connectivity index (χ1n) is 11.2. The second-order valence-electron chi connectivity index (χ2n) is 8.00. The van der Waals surface area contributed by atoms with Crippen LogP contribution in [0.4, 0.5) is 10.2 Å². The highest BCUT2D eigenvalue weighted by molar-refractivity contribution is 5.97. The zero-order valence-electron chi connectivity index (χ0n) is 18.4. The molecule has 8 heteroatoms. The van der Waals surface area contributed by atoms with Crippen LogP contribution in [0.3, 0.4) is 0 Å². The smallest absolute Gasteiger partial charge is 0.248 e. The lowest BCUT2D eigenvalue weighted by Crippen LogP contribution is -2.47. The average molecular weight is 443 g/mol. The molecule has 0 saturated carbocycles. The standard InChI is InChI=1S/C24H31FN4O3/c1-2-3-10-19(15-27-32-17-18-8-5-4-6-9-18)24(31)29-14-7-11-21(29)23(30)28-22-13-12-20(25)16-26-22/h4-6,8-9,12-13,16,19,21,27H,2-3,7,10-11,14-15,17H2,1H3,(H,26,28,30). The Kier molecular flexibility index (Phi) is 9.13. The molecule has 1 saturated heterocycles. The number of anilines is 1. The zero-order valence-corrected chi connectivity index (χ0v) is 18.4. The maximum absolute atomic E-state index is 13.3. The predicted molar refractivity (Wildman–Crippen MR) is 120 cm³/mol. The van der Waals surface area contributed by atoms with Gasteiger partial charge in [0.25, 0.3) is 0 Å². The fraction of sp³-hybridized carbons (Fsp3) is 0.458. The van der Waals surface area contributed by atoms with E-state index in [0.717, 1.165) is 37.4 Å². The summed E-state index contributed by atoms with van der Waals surface area (Å²) in [6.45, 7) is 3.43. The van der Waals surface area contributed by atoms with Crippen LogP contribution >= 0.6 is 0 Å². The fourth-order valence-corrected chi connectivity index (χ4v) is 3.83. The summed E-state index contributed by atoms with van der Waals surface area (Å²) >= 11 is 0. The van der Waals surface area contributed by atoms with E-state index < -0.39 is 11.9 Å². The molecule has 1 aromatic heterocycles. The molecule has 2 aromatic rings. The summed E-state index contributed by atoms with van der Waals surface area (Å²) in [5.74, 6) is -0.810. The van der Waals surface area contributed by atoms with Crippen molar-refractivity contribution in [1.29, 1.82) is 0 Å². The van der Waals surface area contributed by atoms with E-state index in [2.05, 4.69) is 22.7 Å². The number of halogens is 1. The monoisotopic (exact) mass is 442 g/mol. The number of pyridine rings is 1. The minimum Gasteiger partial charge on any atom is -0.330 e. The first-order valence-corrected chi connectivity index (χ1v) is 11.2. The van der Waals surface area contributed by atoms with E-state index in [1.807, 2.05) is 30.3 Å². The first kappa shape index (κ1) is 23.8. The lowest BCUT2D eigenvalue weighted by atomic mass is 10.00. The summed E-state index contributed by atoms with van der Waals surface area (Å²) < 4.78 is 13.1. The molecule has 1 fully saturated rings. The van der Waals surface area contributed by atoms with Gasteiger partial charge in [-0.3, -0.25) is 14.4 Å². The molecule has 2 N–H and O–H groups in total. The number of carbonyl (C=O) groups excluding carboxylic acids is 2. The summed E-state index contributed by atoms with van der Waals surface area (Å²) in [5, 5.41) is 2.70.